The molecule has 2 N–H and O–H groups in total. The van der Waals surface area contributed by atoms with E-state index in [1.165, 1.54) is 0 Å². The molecular formula is C14H22N4O3. The summed E-state index contributed by atoms with van der Waals surface area (Å²) in [5.74, 6) is 0.365. The largest absolute Gasteiger partial charge is 0.444 e. The highest BCUT2D eigenvalue weighted by molar-refractivity contribution is 5.76. The topological polar surface area (TPSA) is 93.2 Å². The molecule has 7 nitrogen and oxygen atoms in total. The molecule has 0 unspecified atom stereocenters. The van der Waals surface area contributed by atoms with Gasteiger partial charge in [0.05, 0.1) is 6.54 Å². The van der Waals surface area contributed by atoms with Crippen molar-refractivity contribution in [2.45, 2.75) is 46.3 Å². The predicted octanol–water partition coefficient (Wildman–Crippen LogP) is 1.32. The van der Waals surface area contributed by atoms with Crippen molar-refractivity contribution in [3.05, 3.63) is 23.8 Å². The summed E-state index contributed by atoms with van der Waals surface area (Å²) in [7, 11) is 0. The molecule has 1 heterocycles. The van der Waals surface area contributed by atoms with Gasteiger partial charge in [0, 0.05) is 25.4 Å². The molecule has 0 radical (unpaired) electrons. The van der Waals surface area contributed by atoms with Gasteiger partial charge in [-0.1, -0.05) is 0 Å². The van der Waals surface area contributed by atoms with Crippen LogP contribution in [0.25, 0.3) is 0 Å². The third-order valence-electron chi connectivity index (χ3n) is 2.30. The Kier molecular flexibility index (Phi) is 6.08. The van der Waals surface area contributed by atoms with Crippen LogP contribution in [0.1, 0.15) is 38.6 Å². The molecule has 21 heavy (non-hydrogen) atoms. The number of rotatable bonds is 5. The fourth-order valence-corrected chi connectivity index (χ4v) is 1.37. The van der Waals surface area contributed by atoms with Crippen LogP contribution in [0, 0.1) is 6.92 Å². The molecule has 0 aromatic carbocycles. The molecule has 0 fully saturated rings. The number of alkyl carbamates (subject to hydrolysis) is 1. The molecule has 116 valence electrons. The molecule has 1 rings (SSSR count). The second-order valence-electron chi connectivity index (χ2n) is 5.63. The SMILES string of the molecule is Cc1cnc(CNC(=O)CCNC(=O)OC(C)(C)C)nc1. The van der Waals surface area contributed by atoms with E-state index in [1.54, 1.807) is 33.2 Å². The first-order chi connectivity index (χ1) is 9.76. The number of aryl methyl sites for hydroxylation is 1. The highest BCUT2D eigenvalue weighted by atomic mass is 16.6. The van der Waals surface area contributed by atoms with Gasteiger partial charge in [0.15, 0.2) is 0 Å². The van der Waals surface area contributed by atoms with Crippen molar-refractivity contribution < 1.29 is 14.3 Å². The van der Waals surface area contributed by atoms with Crippen molar-refractivity contribution in [3.63, 3.8) is 0 Å². The molecule has 1 aromatic rings. The van der Waals surface area contributed by atoms with Gasteiger partial charge in [0.2, 0.25) is 5.91 Å². The lowest BCUT2D eigenvalue weighted by atomic mass is 10.2. The Morgan fingerprint density at radius 1 is 1.19 bits per heavy atom. The normalized spacial score (nSPS) is 10.9. The summed E-state index contributed by atoms with van der Waals surface area (Å²) in [5.41, 5.74) is 0.418. The van der Waals surface area contributed by atoms with Crippen LogP contribution in [-0.4, -0.2) is 34.1 Å². The number of hydrogen-bond donors (Lipinski definition) is 2. The molecular weight excluding hydrogens is 272 g/mol. The lowest BCUT2D eigenvalue weighted by Crippen LogP contribution is -2.35. The van der Waals surface area contributed by atoms with Gasteiger partial charge >= 0.3 is 6.09 Å². The van der Waals surface area contributed by atoms with Gasteiger partial charge < -0.3 is 15.4 Å². The van der Waals surface area contributed by atoms with Gasteiger partial charge in [0.1, 0.15) is 11.4 Å². The lowest BCUT2D eigenvalue weighted by molar-refractivity contribution is -0.121. The number of hydrogen-bond acceptors (Lipinski definition) is 5. The van der Waals surface area contributed by atoms with Crippen molar-refractivity contribution in [3.8, 4) is 0 Å². The summed E-state index contributed by atoms with van der Waals surface area (Å²) in [6.07, 6.45) is 3.03. The first kappa shape index (κ1) is 16.9. The molecule has 0 atom stereocenters. The Labute approximate surface area is 124 Å². The number of ether oxygens (including phenoxy) is 1. The molecule has 2 amide bonds. The quantitative estimate of drug-likeness (QED) is 0.854. The Morgan fingerprint density at radius 2 is 1.81 bits per heavy atom. The zero-order valence-corrected chi connectivity index (χ0v) is 12.9. The minimum atomic E-state index is -0.547. The third kappa shape index (κ3) is 7.86. The molecule has 0 spiro atoms. The van der Waals surface area contributed by atoms with Gasteiger partial charge in [-0.2, -0.15) is 0 Å². The average molecular weight is 294 g/mol. The van der Waals surface area contributed by atoms with E-state index in [9.17, 15) is 9.59 Å². The van der Waals surface area contributed by atoms with E-state index in [2.05, 4.69) is 20.6 Å². The van der Waals surface area contributed by atoms with Gasteiger partial charge in [-0.05, 0) is 33.3 Å². The van der Waals surface area contributed by atoms with E-state index in [0.29, 0.717) is 5.82 Å². The van der Waals surface area contributed by atoms with Crippen LogP contribution in [0.4, 0.5) is 4.79 Å². The maximum atomic E-state index is 11.6. The second-order valence-corrected chi connectivity index (χ2v) is 5.63. The highest BCUT2D eigenvalue weighted by Gasteiger charge is 2.15. The smallest absolute Gasteiger partial charge is 0.407 e. The van der Waals surface area contributed by atoms with E-state index in [1.807, 2.05) is 6.92 Å². The van der Waals surface area contributed by atoms with E-state index >= 15 is 0 Å². The van der Waals surface area contributed by atoms with Crippen LogP contribution >= 0.6 is 0 Å². The summed E-state index contributed by atoms with van der Waals surface area (Å²) in [4.78, 5) is 31.1. The second kappa shape index (κ2) is 7.56. The minimum absolute atomic E-state index is 0.172. The van der Waals surface area contributed by atoms with Crippen molar-refractivity contribution in [2.75, 3.05) is 6.54 Å². The van der Waals surface area contributed by atoms with Crippen LogP contribution in [0.3, 0.4) is 0 Å². The monoisotopic (exact) mass is 294 g/mol. The lowest BCUT2D eigenvalue weighted by Gasteiger charge is -2.19. The predicted molar refractivity (Wildman–Crippen MR) is 77.5 cm³/mol. The Bertz CT molecular complexity index is 480. The van der Waals surface area contributed by atoms with E-state index in [0.717, 1.165) is 5.56 Å². The van der Waals surface area contributed by atoms with Gasteiger partial charge in [-0.3, -0.25) is 4.79 Å². The van der Waals surface area contributed by atoms with Crippen LogP contribution in [-0.2, 0) is 16.1 Å². The zero-order chi connectivity index (χ0) is 15.9. The molecule has 0 aliphatic rings. The Morgan fingerprint density at radius 3 is 2.38 bits per heavy atom. The van der Waals surface area contributed by atoms with Crippen molar-refractivity contribution in [1.82, 2.24) is 20.6 Å². The van der Waals surface area contributed by atoms with Gasteiger partial charge in [-0.15, -0.1) is 0 Å². The minimum Gasteiger partial charge on any atom is -0.444 e. The van der Waals surface area contributed by atoms with Gasteiger partial charge in [-0.25, -0.2) is 14.8 Å². The summed E-state index contributed by atoms with van der Waals surface area (Å²) >= 11 is 0. The van der Waals surface area contributed by atoms with E-state index in [-0.39, 0.29) is 25.4 Å². The summed E-state index contributed by atoms with van der Waals surface area (Å²) < 4.78 is 5.06. The Balaban J connectivity index is 2.19. The number of aromatic nitrogens is 2. The van der Waals surface area contributed by atoms with Crippen LogP contribution in [0.2, 0.25) is 0 Å². The Hall–Kier alpha value is -2.18. The van der Waals surface area contributed by atoms with Crippen molar-refractivity contribution in [2.24, 2.45) is 0 Å². The number of nitrogens with one attached hydrogen (secondary N) is 2. The maximum absolute atomic E-state index is 11.6. The summed E-state index contributed by atoms with van der Waals surface area (Å²) in [6, 6.07) is 0. The molecule has 1 aromatic heterocycles. The third-order valence-corrected chi connectivity index (χ3v) is 2.30. The fraction of sp³-hybridized carbons (Fsp3) is 0.571. The standard InChI is InChI=1S/C14H22N4O3/c1-10-7-16-11(17-8-10)9-18-12(19)5-6-15-13(20)21-14(2,3)4/h7-8H,5-6,9H2,1-4H3,(H,15,20)(H,18,19). The number of nitrogens with zero attached hydrogens (tertiary/aromatic N) is 2. The van der Waals surface area contributed by atoms with Crippen LogP contribution in [0.15, 0.2) is 12.4 Å². The number of amides is 2. The molecule has 0 bridgehead atoms. The average Bonchev–Trinajstić information content (AvgIpc) is 2.36. The van der Waals surface area contributed by atoms with E-state index < -0.39 is 11.7 Å². The number of carbonyl (C=O) groups excluding carboxylic acids is 2. The van der Waals surface area contributed by atoms with E-state index in [4.69, 9.17) is 4.74 Å². The first-order valence-corrected chi connectivity index (χ1v) is 6.77. The maximum Gasteiger partial charge on any atom is 0.407 e. The van der Waals surface area contributed by atoms with Crippen LogP contribution < -0.4 is 10.6 Å². The molecule has 0 aliphatic heterocycles. The fourth-order valence-electron chi connectivity index (χ4n) is 1.37. The summed E-state index contributed by atoms with van der Waals surface area (Å²) in [6.45, 7) is 7.72. The zero-order valence-electron chi connectivity index (χ0n) is 12.9. The van der Waals surface area contributed by atoms with Crippen LogP contribution in [0.5, 0.6) is 0 Å². The van der Waals surface area contributed by atoms with Gasteiger partial charge in [0.25, 0.3) is 0 Å². The van der Waals surface area contributed by atoms with Crippen molar-refractivity contribution >= 4 is 12.0 Å². The first-order valence-electron chi connectivity index (χ1n) is 6.77. The molecule has 7 heteroatoms. The molecule has 0 saturated heterocycles. The van der Waals surface area contributed by atoms with Crippen molar-refractivity contribution in [1.29, 1.82) is 0 Å². The highest BCUT2D eigenvalue weighted by Crippen LogP contribution is 2.06. The summed E-state index contributed by atoms with van der Waals surface area (Å²) in [5, 5.41) is 5.21. The number of carbonyl (C=O) groups is 2. The molecule has 0 aliphatic carbocycles. The molecule has 0 saturated carbocycles.